The van der Waals surface area contributed by atoms with Crippen LogP contribution in [0.25, 0.3) is 111 Å². The molecule has 0 N–H and O–H groups in total. The fourth-order valence-electron chi connectivity index (χ4n) is 9.82. The maximum atomic E-state index is 18.3. The van der Waals surface area contributed by atoms with Crippen molar-refractivity contribution in [2.75, 3.05) is 0 Å². The van der Waals surface area contributed by atoms with E-state index < -0.39 is 11.6 Å². The van der Waals surface area contributed by atoms with Crippen molar-refractivity contribution in [2.45, 2.75) is 0 Å². The average molecular weight is 850 g/mol. The molecule has 10 aromatic carbocycles. The van der Waals surface area contributed by atoms with E-state index >= 15 is 8.78 Å². The van der Waals surface area contributed by atoms with Crippen LogP contribution >= 0.6 is 0 Å². The molecular weight excluding hydrogens is 813 g/mol. The molecule has 310 valence electrons. The molecule has 66 heavy (non-hydrogen) atoms. The lowest BCUT2D eigenvalue weighted by molar-refractivity contribution is 0.581. The van der Waals surface area contributed by atoms with Gasteiger partial charge >= 0.3 is 0 Å². The van der Waals surface area contributed by atoms with Gasteiger partial charge in [-0.3, -0.25) is 0 Å². The van der Waals surface area contributed by atoms with Crippen molar-refractivity contribution in [1.82, 2.24) is 9.13 Å². The zero-order valence-electron chi connectivity index (χ0n) is 35.5. The van der Waals surface area contributed by atoms with Crippen molar-refractivity contribution in [2.24, 2.45) is 0 Å². The Balaban J connectivity index is 1.21. The van der Waals surface area contributed by atoms with Crippen LogP contribution in [0.3, 0.4) is 0 Å². The van der Waals surface area contributed by atoms with Gasteiger partial charge in [0.2, 0.25) is 0 Å². The monoisotopic (exact) mass is 849 g/mol. The number of rotatable bonds is 7. The summed E-state index contributed by atoms with van der Waals surface area (Å²) in [6, 6.07) is 76.4. The van der Waals surface area contributed by atoms with Gasteiger partial charge in [0.25, 0.3) is 0 Å². The van der Waals surface area contributed by atoms with Crippen LogP contribution in [0.5, 0.6) is 0 Å². The third-order valence-corrected chi connectivity index (χ3v) is 12.9. The van der Waals surface area contributed by atoms with Crippen LogP contribution < -0.4 is 0 Å². The first kappa shape index (κ1) is 38.8. The van der Waals surface area contributed by atoms with E-state index in [1.807, 2.05) is 137 Å². The molecule has 0 aliphatic rings. The highest BCUT2D eigenvalue weighted by Gasteiger charge is 2.32. The summed E-state index contributed by atoms with van der Waals surface area (Å²) in [5.74, 6) is -1.65. The summed E-state index contributed by atoms with van der Waals surface area (Å²) in [5, 5.41) is 15.1. The summed E-state index contributed by atoms with van der Waals surface area (Å²) in [4.78, 5) is 0. The Morgan fingerprint density at radius 2 is 0.561 bits per heavy atom. The molecule has 12 aromatic rings. The molecule has 0 spiro atoms. The van der Waals surface area contributed by atoms with Gasteiger partial charge in [-0.05, 0) is 98.6 Å². The van der Waals surface area contributed by atoms with E-state index in [2.05, 4.69) is 78.9 Å². The van der Waals surface area contributed by atoms with Crippen molar-refractivity contribution in [3.8, 4) is 73.1 Å². The molecule has 0 saturated carbocycles. The van der Waals surface area contributed by atoms with E-state index in [-0.39, 0.29) is 22.5 Å². The largest absolute Gasteiger partial charge is 0.305 e. The highest BCUT2D eigenvalue weighted by Crippen LogP contribution is 2.46. The highest BCUT2D eigenvalue weighted by molar-refractivity contribution is 6.14. The average Bonchev–Trinajstić information content (AvgIpc) is 3.88. The summed E-state index contributed by atoms with van der Waals surface area (Å²) in [6.07, 6.45) is 0. The number of benzene rings is 10. The predicted octanol–water partition coefficient (Wildman–Crippen LogP) is 16.4. The lowest BCUT2D eigenvalue weighted by Crippen LogP contribution is -2.12. The third-order valence-electron chi connectivity index (χ3n) is 12.9. The van der Waals surface area contributed by atoms with Crippen molar-refractivity contribution < 1.29 is 8.78 Å². The van der Waals surface area contributed by atoms with Crippen LogP contribution in [0, 0.1) is 23.0 Å². The Kier molecular flexibility index (Phi) is 9.25. The topological polar surface area (TPSA) is 33.6 Å². The molecule has 2 heterocycles. The first-order valence-corrected chi connectivity index (χ1v) is 21.9. The lowest BCUT2D eigenvalue weighted by atomic mass is 9.97. The molecule has 3 nitrogen and oxygen atoms in total. The number of hydrogen-bond donors (Lipinski definition) is 0. The summed E-state index contributed by atoms with van der Waals surface area (Å²) in [5.41, 5.74) is 10.8. The minimum Gasteiger partial charge on any atom is -0.305 e. The lowest BCUT2D eigenvalue weighted by Gasteiger charge is -2.21. The Morgan fingerprint density at radius 3 is 0.818 bits per heavy atom. The summed E-state index contributed by atoms with van der Waals surface area (Å²) < 4.78 is 40.2. The maximum Gasteiger partial charge on any atom is 0.159 e. The molecule has 12 rings (SSSR count). The zero-order valence-corrected chi connectivity index (χ0v) is 35.5. The molecule has 5 heteroatoms. The predicted molar refractivity (Wildman–Crippen MR) is 267 cm³/mol. The van der Waals surface area contributed by atoms with Crippen LogP contribution in [-0.2, 0) is 0 Å². The van der Waals surface area contributed by atoms with Gasteiger partial charge in [-0.2, -0.15) is 5.26 Å². The van der Waals surface area contributed by atoms with Gasteiger partial charge in [0.05, 0.1) is 27.6 Å². The number of aromatic nitrogens is 2. The first-order valence-electron chi connectivity index (χ1n) is 21.9. The third kappa shape index (κ3) is 6.23. The second-order valence-electron chi connectivity index (χ2n) is 16.6. The van der Waals surface area contributed by atoms with Crippen LogP contribution in [-0.4, -0.2) is 9.13 Å². The fourth-order valence-corrected chi connectivity index (χ4v) is 9.82. The summed E-state index contributed by atoms with van der Waals surface area (Å²) in [6.45, 7) is 0. The Bertz CT molecular complexity index is 3450. The smallest absolute Gasteiger partial charge is 0.159 e. The Labute approximate surface area is 379 Å². The van der Waals surface area contributed by atoms with Crippen molar-refractivity contribution in [3.05, 3.63) is 242 Å². The van der Waals surface area contributed by atoms with E-state index in [9.17, 15) is 5.26 Å². The fraction of sp³-hybridized carbons (Fsp3) is 0. The molecule has 0 fully saturated rings. The minimum absolute atomic E-state index is 0.0236. The molecule has 0 bridgehead atoms. The van der Waals surface area contributed by atoms with E-state index in [0.717, 1.165) is 66.1 Å². The van der Waals surface area contributed by atoms with E-state index in [0.29, 0.717) is 27.6 Å². The molecule has 0 atom stereocenters. The quantitative estimate of drug-likeness (QED) is 0.157. The van der Waals surface area contributed by atoms with Crippen molar-refractivity contribution in [1.29, 1.82) is 5.26 Å². The number of fused-ring (bicyclic) bond motifs is 6. The zero-order chi connectivity index (χ0) is 44.3. The molecule has 0 radical (unpaired) electrons. The van der Waals surface area contributed by atoms with Crippen LogP contribution in [0.1, 0.15) is 5.56 Å². The highest BCUT2D eigenvalue weighted by atomic mass is 19.1. The molecule has 0 amide bonds. The second kappa shape index (κ2) is 15.7. The standard InChI is InChI=1S/C61H37F2N3/c62-58-57(43-24-14-5-15-25-43)59(63)61(66-55-32-28-46(41-20-10-3-11-21-41)36-50(55)51-37-47(29-33-56(51)66)42-22-12-4-13-23-42)52(38-64)60(58)65-53-30-26-44(39-16-6-1-7-17-39)34-48(53)49-35-45(27-31-54(49)65)40-18-8-2-9-19-40/h1-37H. The number of nitriles is 1. The van der Waals surface area contributed by atoms with Gasteiger partial charge in [0.1, 0.15) is 23.0 Å². The van der Waals surface area contributed by atoms with Crippen LogP contribution in [0.4, 0.5) is 8.78 Å². The van der Waals surface area contributed by atoms with E-state index in [4.69, 9.17) is 0 Å². The van der Waals surface area contributed by atoms with E-state index in [1.54, 1.807) is 24.3 Å². The number of hydrogen-bond acceptors (Lipinski definition) is 1. The van der Waals surface area contributed by atoms with Gasteiger partial charge in [-0.15, -0.1) is 0 Å². The molecule has 2 aromatic heterocycles. The van der Waals surface area contributed by atoms with Crippen LogP contribution in [0.2, 0.25) is 0 Å². The SMILES string of the molecule is N#Cc1c(-n2c3ccc(-c4ccccc4)cc3c3cc(-c4ccccc4)ccc32)c(F)c(-c2ccccc2)c(F)c1-n1c2ccc(-c3ccccc3)cc2c2cc(-c3ccccc3)ccc21. The molecule has 0 unspecified atom stereocenters. The Hall–Kier alpha value is -8.85. The van der Waals surface area contributed by atoms with Gasteiger partial charge in [-0.25, -0.2) is 8.78 Å². The van der Waals surface area contributed by atoms with Gasteiger partial charge in [0.15, 0.2) is 11.6 Å². The van der Waals surface area contributed by atoms with Gasteiger partial charge < -0.3 is 9.13 Å². The first-order chi connectivity index (χ1) is 32.6. The maximum absolute atomic E-state index is 18.3. The minimum atomic E-state index is -0.824. The van der Waals surface area contributed by atoms with Crippen molar-refractivity contribution >= 4 is 43.6 Å². The van der Waals surface area contributed by atoms with Crippen LogP contribution in [0.15, 0.2) is 224 Å². The van der Waals surface area contributed by atoms with Gasteiger partial charge in [0, 0.05) is 21.5 Å². The summed E-state index contributed by atoms with van der Waals surface area (Å²) >= 11 is 0. The molecular formula is C61H37F2N3. The number of halogens is 2. The Morgan fingerprint density at radius 1 is 0.303 bits per heavy atom. The normalized spacial score (nSPS) is 11.5. The van der Waals surface area contributed by atoms with E-state index in [1.165, 1.54) is 0 Å². The second-order valence-corrected chi connectivity index (χ2v) is 16.6. The van der Waals surface area contributed by atoms with Crippen molar-refractivity contribution in [3.63, 3.8) is 0 Å². The molecule has 0 saturated heterocycles. The van der Waals surface area contributed by atoms with Gasteiger partial charge in [-0.1, -0.05) is 176 Å². The number of nitrogens with zero attached hydrogens (tertiary/aromatic N) is 3. The summed E-state index contributed by atoms with van der Waals surface area (Å²) in [7, 11) is 0. The molecule has 0 aliphatic heterocycles. The molecule has 0 aliphatic carbocycles.